The second kappa shape index (κ2) is 6.17. The molecule has 1 aromatic carbocycles. The Morgan fingerprint density at radius 1 is 1.17 bits per heavy atom. The zero-order valence-electron chi connectivity index (χ0n) is 11.4. The third kappa shape index (κ3) is 3.44. The van der Waals surface area contributed by atoms with Crippen molar-refractivity contribution in [2.24, 2.45) is 0 Å². The average molecular weight is 245 g/mol. The fourth-order valence-electron chi connectivity index (χ4n) is 2.63. The van der Waals surface area contributed by atoms with Gasteiger partial charge in [-0.1, -0.05) is 35.4 Å². The predicted molar refractivity (Wildman–Crippen MR) is 76.7 cm³/mol. The molecule has 2 rings (SSSR count). The van der Waals surface area contributed by atoms with Crippen LogP contribution in [-0.2, 0) is 0 Å². The lowest BCUT2D eigenvalue weighted by Crippen LogP contribution is -2.29. The summed E-state index contributed by atoms with van der Waals surface area (Å²) >= 11 is 0. The highest BCUT2D eigenvalue weighted by atomic mass is 16.3. The van der Waals surface area contributed by atoms with Crippen molar-refractivity contribution in [1.29, 1.82) is 0 Å². The van der Waals surface area contributed by atoms with E-state index in [0.29, 0.717) is 6.61 Å². The monoisotopic (exact) mass is 245 g/mol. The normalized spacial score (nSPS) is 16.7. The van der Waals surface area contributed by atoms with Crippen LogP contribution in [0.5, 0.6) is 0 Å². The fourth-order valence-corrected chi connectivity index (χ4v) is 2.63. The van der Waals surface area contributed by atoms with Gasteiger partial charge in [0, 0.05) is 26.2 Å². The molecule has 18 heavy (non-hydrogen) atoms. The van der Waals surface area contributed by atoms with Gasteiger partial charge in [-0.05, 0) is 37.8 Å². The van der Waals surface area contributed by atoms with Crippen LogP contribution in [0.2, 0.25) is 0 Å². The molecule has 98 valence electrons. The van der Waals surface area contributed by atoms with E-state index >= 15 is 0 Å². The quantitative estimate of drug-likeness (QED) is 0.881. The lowest BCUT2D eigenvalue weighted by atomic mass is 9.96. The Hall–Kier alpha value is -1.12. The van der Waals surface area contributed by atoms with Gasteiger partial charge in [0.05, 0.1) is 0 Å². The van der Waals surface area contributed by atoms with Crippen molar-refractivity contribution >= 4 is 5.57 Å². The molecular formula is C16H23NO. The summed E-state index contributed by atoms with van der Waals surface area (Å²) < 4.78 is 0. The smallest absolute Gasteiger partial charge is 0.0443 e. The maximum absolute atomic E-state index is 8.85. The van der Waals surface area contributed by atoms with Crippen molar-refractivity contribution in [3.05, 3.63) is 41.0 Å². The van der Waals surface area contributed by atoms with Gasteiger partial charge in [-0.3, -0.25) is 4.90 Å². The number of aliphatic hydroxyl groups is 1. The van der Waals surface area contributed by atoms with Crippen molar-refractivity contribution in [3.8, 4) is 0 Å². The summed E-state index contributed by atoms with van der Waals surface area (Å²) in [7, 11) is 0. The molecule has 0 saturated carbocycles. The Balaban J connectivity index is 2.04. The van der Waals surface area contributed by atoms with Crippen LogP contribution in [0.3, 0.4) is 0 Å². The van der Waals surface area contributed by atoms with E-state index in [4.69, 9.17) is 5.11 Å². The lowest BCUT2D eigenvalue weighted by molar-refractivity contribution is 0.236. The molecule has 2 heteroatoms. The Morgan fingerprint density at radius 3 is 2.44 bits per heavy atom. The van der Waals surface area contributed by atoms with E-state index in [1.165, 1.54) is 22.3 Å². The first-order valence-corrected chi connectivity index (χ1v) is 6.80. The van der Waals surface area contributed by atoms with E-state index in [1.807, 2.05) is 0 Å². The van der Waals surface area contributed by atoms with Crippen molar-refractivity contribution in [1.82, 2.24) is 4.90 Å². The molecule has 0 atom stereocenters. The first-order valence-electron chi connectivity index (χ1n) is 6.80. The third-order valence-electron chi connectivity index (χ3n) is 3.52. The fraction of sp³-hybridized carbons (Fsp3) is 0.500. The molecule has 0 bridgehead atoms. The van der Waals surface area contributed by atoms with E-state index < -0.39 is 0 Å². The van der Waals surface area contributed by atoms with Crippen LogP contribution in [-0.4, -0.2) is 36.2 Å². The summed E-state index contributed by atoms with van der Waals surface area (Å²) in [5.41, 5.74) is 5.54. The molecule has 0 saturated heterocycles. The molecule has 1 aliphatic rings. The Morgan fingerprint density at radius 2 is 1.89 bits per heavy atom. The van der Waals surface area contributed by atoms with Crippen molar-refractivity contribution < 1.29 is 5.11 Å². The number of rotatable bonds is 4. The first-order chi connectivity index (χ1) is 8.69. The Labute approximate surface area is 110 Å². The van der Waals surface area contributed by atoms with Crippen LogP contribution in [0.4, 0.5) is 0 Å². The molecule has 0 aromatic heterocycles. The summed E-state index contributed by atoms with van der Waals surface area (Å²) in [5.74, 6) is 0. The van der Waals surface area contributed by atoms with Gasteiger partial charge in [0.2, 0.25) is 0 Å². The van der Waals surface area contributed by atoms with Crippen molar-refractivity contribution in [3.63, 3.8) is 0 Å². The summed E-state index contributed by atoms with van der Waals surface area (Å²) in [5, 5.41) is 8.85. The minimum Gasteiger partial charge on any atom is -0.396 e. The predicted octanol–water partition coefficient (Wildman–Crippen LogP) is 2.77. The number of benzene rings is 1. The largest absolute Gasteiger partial charge is 0.396 e. The van der Waals surface area contributed by atoms with E-state index in [1.54, 1.807) is 0 Å². The summed E-state index contributed by atoms with van der Waals surface area (Å²) in [6.07, 6.45) is 4.34. The number of hydrogen-bond donors (Lipinski definition) is 1. The molecule has 1 heterocycles. The lowest BCUT2D eigenvalue weighted by Gasteiger charge is -2.26. The van der Waals surface area contributed by atoms with Gasteiger partial charge in [-0.15, -0.1) is 0 Å². The highest BCUT2D eigenvalue weighted by molar-refractivity contribution is 5.67. The highest BCUT2D eigenvalue weighted by Gasteiger charge is 2.12. The van der Waals surface area contributed by atoms with Gasteiger partial charge in [-0.25, -0.2) is 0 Å². The maximum Gasteiger partial charge on any atom is 0.0443 e. The van der Waals surface area contributed by atoms with Crippen LogP contribution < -0.4 is 0 Å². The second-order valence-corrected chi connectivity index (χ2v) is 5.23. The van der Waals surface area contributed by atoms with Gasteiger partial charge in [0.1, 0.15) is 0 Å². The summed E-state index contributed by atoms with van der Waals surface area (Å²) in [6, 6.07) is 6.78. The zero-order chi connectivity index (χ0) is 13.0. The minimum absolute atomic E-state index is 0.296. The SMILES string of the molecule is Cc1cc(C)cc(C2=CCN(CCCO)CC2)c1. The van der Waals surface area contributed by atoms with E-state index in [2.05, 4.69) is 43.0 Å². The zero-order valence-corrected chi connectivity index (χ0v) is 11.4. The van der Waals surface area contributed by atoms with Crippen LogP contribution >= 0.6 is 0 Å². The molecule has 1 aromatic rings. The van der Waals surface area contributed by atoms with Crippen LogP contribution in [0.25, 0.3) is 5.57 Å². The van der Waals surface area contributed by atoms with Gasteiger partial charge in [0.15, 0.2) is 0 Å². The van der Waals surface area contributed by atoms with Gasteiger partial charge in [-0.2, -0.15) is 0 Å². The number of aliphatic hydroxyl groups excluding tert-OH is 1. The third-order valence-corrected chi connectivity index (χ3v) is 3.52. The van der Waals surface area contributed by atoms with Gasteiger partial charge in [0.25, 0.3) is 0 Å². The maximum atomic E-state index is 8.85. The van der Waals surface area contributed by atoms with Crippen molar-refractivity contribution in [2.45, 2.75) is 26.7 Å². The molecule has 1 aliphatic heterocycles. The molecular weight excluding hydrogens is 222 g/mol. The summed E-state index contributed by atoms with van der Waals surface area (Å²) in [6.45, 7) is 7.75. The highest BCUT2D eigenvalue weighted by Crippen LogP contribution is 2.24. The van der Waals surface area contributed by atoms with Crippen LogP contribution in [0.15, 0.2) is 24.3 Å². The van der Waals surface area contributed by atoms with Crippen LogP contribution in [0, 0.1) is 13.8 Å². The minimum atomic E-state index is 0.296. The Bertz CT molecular complexity index is 416. The standard InChI is InChI=1S/C16H23NO/c1-13-10-14(2)12-16(11-13)15-4-7-17(8-5-15)6-3-9-18/h4,10-12,18H,3,5-9H2,1-2H3. The molecule has 0 amide bonds. The molecule has 0 radical (unpaired) electrons. The Kier molecular flexibility index (Phi) is 4.56. The molecule has 0 spiro atoms. The number of nitrogens with zero attached hydrogens (tertiary/aromatic N) is 1. The van der Waals surface area contributed by atoms with Crippen LogP contribution in [0.1, 0.15) is 29.5 Å². The second-order valence-electron chi connectivity index (χ2n) is 5.23. The van der Waals surface area contributed by atoms with Gasteiger partial charge < -0.3 is 5.11 Å². The molecule has 2 nitrogen and oxygen atoms in total. The van der Waals surface area contributed by atoms with E-state index in [9.17, 15) is 0 Å². The first kappa shape index (κ1) is 13.3. The van der Waals surface area contributed by atoms with Gasteiger partial charge >= 0.3 is 0 Å². The molecule has 1 N–H and O–H groups in total. The number of aryl methyl sites for hydroxylation is 2. The molecule has 0 unspecified atom stereocenters. The van der Waals surface area contributed by atoms with Crippen molar-refractivity contribution in [2.75, 3.05) is 26.2 Å². The molecule has 0 fully saturated rings. The molecule has 0 aliphatic carbocycles. The van der Waals surface area contributed by atoms with E-state index in [-0.39, 0.29) is 0 Å². The topological polar surface area (TPSA) is 23.5 Å². The number of hydrogen-bond acceptors (Lipinski definition) is 2. The van der Waals surface area contributed by atoms with E-state index in [0.717, 1.165) is 32.5 Å². The average Bonchev–Trinajstić information content (AvgIpc) is 2.36. The summed E-state index contributed by atoms with van der Waals surface area (Å²) in [4.78, 5) is 2.41.